The number of guanidine groups is 1. The highest BCUT2D eigenvalue weighted by Crippen LogP contribution is 2.13. The Balaban J connectivity index is 4.69. The van der Waals surface area contributed by atoms with Crippen molar-refractivity contribution in [2.24, 2.45) is 16.5 Å². The minimum absolute atomic E-state index is 0.00631. The summed E-state index contributed by atoms with van der Waals surface area (Å²) in [5, 5.41) is 0. The topological polar surface area (TPSA) is 111 Å². The Labute approximate surface area is 133 Å². The summed E-state index contributed by atoms with van der Waals surface area (Å²) in [7, 11) is 1.33. The zero-order valence-corrected chi connectivity index (χ0v) is 14.0. The lowest BCUT2D eigenvalue weighted by Crippen LogP contribution is -2.45. The number of hydrogen-bond acceptors (Lipinski definition) is 4. The summed E-state index contributed by atoms with van der Waals surface area (Å²) >= 11 is 0. The van der Waals surface area contributed by atoms with E-state index < -0.39 is 12.0 Å². The Kier molecular flexibility index (Phi) is 10.9. The number of nitrogens with zero attached hydrogens (tertiary/aromatic N) is 2. The molecule has 0 aromatic rings. The van der Waals surface area contributed by atoms with E-state index in [1.54, 1.807) is 4.90 Å². The van der Waals surface area contributed by atoms with Gasteiger partial charge in [0.1, 0.15) is 6.04 Å². The first-order valence-electron chi connectivity index (χ1n) is 7.90. The average Bonchev–Trinajstić information content (AvgIpc) is 2.49. The molecule has 128 valence electrons. The number of amides is 1. The fourth-order valence-electron chi connectivity index (χ4n) is 2.27. The second kappa shape index (κ2) is 11.8. The van der Waals surface area contributed by atoms with Gasteiger partial charge in [0.05, 0.1) is 7.11 Å². The van der Waals surface area contributed by atoms with E-state index in [1.165, 1.54) is 7.11 Å². The molecule has 0 aliphatic carbocycles. The van der Waals surface area contributed by atoms with Gasteiger partial charge in [0.2, 0.25) is 5.91 Å². The molecule has 0 aromatic carbocycles. The third-order valence-electron chi connectivity index (χ3n) is 3.43. The van der Waals surface area contributed by atoms with Gasteiger partial charge in [-0.05, 0) is 26.2 Å². The fraction of sp³-hybridized carbons (Fsp3) is 0.800. The Bertz CT molecular complexity index is 368. The van der Waals surface area contributed by atoms with Crippen LogP contribution in [0.15, 0.2) is 4.99 Å². The number of likely N-dealkylation sites (N-methyl/N-ethyl adjacent to an activating group) is 1. The normalized spacial score (nSPS) is 11.6. The van der Waals surface area contributed by atoms with E-state index in [0.717, 1.165) is 19.3 Å². The second-order valence-electron chi connectivity index (χ2n) is 5.12. The van der Waals surface area contributed by atoms with Gasteiger partial charge in [-0.15, -0.1) is 0 Å². The number of carbonyl (C=O) groups is 2. The number of carbonyl (C=O) groups excluding carboxylic acids is 2. The molecule has 4 N–H and O–H groups in total. The largest absolute Gasteiger partial charge is 0.467 e. The van der Waals surface area contributed by atoms with E-state index in [0.29, 0.717) is 32.4 Å². The average molecular weight is 314 g/mol. The van der Waals surface area contributed by atoms with Crippen LogP contribution in [0, 0.1) is 0 Å². The molecule has 7 heteroatoms. The summed E-state index contributed by atoms with van der Waals surface area (Å²) in [6.45, 7) is 4.86. The van der Waals surface area contributed by atoms with Gasteiger partial charge in [-0.1, -0.05) is 19.8 Å². The smallest absolute Gasteiger partial charge is 0.328 e. The van der Waals surface area contributed by atoms with Crippen LogP contribution < -0.4 is 11.5 Å². The Morgan fingerprint density at radius 1 is 1.18 bits per heavy atom. The molecule has 0 aliphatic heterocycles. The lowest BCUT2D eigenvalue weighted by Gasteiger charge is -2.29. The summed E-state index contributed by atoms with van der Waals surface area (Å²) < 4.78 is 4.83. The molecule has 0 unspecified atom stereocenters. The maximum Gasteiger partial charge on any atom is 0.328 e. The first-order valence-corrected chi connectivity index (χ1v) is 7.90. The summed E-state index contributed by atoms with van der Waals surface area (Å²) in [6.07, 6.45) is 4.46. The predicted octanol–water partition coefficient (Wildman–Crippen LogP) is 1.01. The van der Waals surface area contributed by atoms with Crippen molar-refractivity contribution in [1.29, 1.82) is 0 Å². The van der Waals surface area contributed by atoms with E-state index >= 15 is 0 Å². The number of unbranched alkanes of at least 4 members (excludes halogenated alkanes) is 2. The van der Waals surface area contributed by atoms with E-state index in [2.05, 4.69) is 11.9 Å². The number of rotatable bonds is 11. The van der Waals surface area contributed by atoms with E-state index in [4.69, 9.17) is 16.2 Å². The van der Waals surface area contributed by atoms with Crippen molar-refractivity contribution in [3.63, 3.8) is 0 Å². The van der Waals surface area contributed by atoms with Crippen LogP contribution >= 0.6 is 0 Å². The van der Waals surface area contributed by atoms with Crippen LogP contribution in [0.4, 0.5) is 0 Å². The summed E-state index contributed by atoms with van der Waals surface area (Å²) in [5.74, 6) is -0.374. The van der Waals surface area contributed by atoms with Gasteiger partial charge in [-0.2, -0.15) is 0 Å². The van der Waals surface area contributed by atoms with Crippen molar-refractivity contribution < 1.29 is 14.3 Å². The highest BCUT2D eigenvalue weighted by molar-refractivity contribution is 5.84. The Hall–Kier alpha value is -1.79. The first kappa shape index (κ1) is 20.2. The minimum atomic E-state index is -0.571. The number of esters is 1. The van der Waals surface area contributed by atoms with Crippen LogP contribution in [-0.2, 0) is 14.3 Å². The van der Waals surface area contributed by atoms with Crippen LogP contribution in [0.2, 0.25) is 0 Å². The SMILES string of the molecule is CCCCCC(=O)N(CC)[C@@H](CCCN=C(N)N)C(=O)OC. The third-order valence-corrected chi connectivity index (χ3v) is 3.43. The van der Waals surface area contributed by atoms with Gasteiger partial charge in [0, 0.05) is 19.5 Å². The molecule has 22 heavy (non-hydrogen) atoms. The molecule has 0 bridgehead atoms. The Morgan fingerprint density at radius 2 is 1.86 bits per heavy atom. The van der Waals surface area contributed by atoms with Gasteiger partial charge >= 0.3 is 5.97 Å². The van der Waals surface area contributed by atoms with Crippen LogP contribution in [0.1, 0.15) is 52.4 Å². The maximum absolute atomic E-state index is 12.3. The number of methoxy groups -OCH3 is 1. The molecule has 0 rings (SSSR count). The van der Waals surface area contributed by atoms with Crippen LogP contribution in [0.3, 0.4) is 0 Å². The lowest BCUT2D eigenvalue weighted by molar-refractivity contribution is -0.153. The number of ether oxygens (including phenoxy) is 1. The number of aliphatic imine (C=N–C) groups is 1. The molecule has 0 saturated carbocycles. The predicted molar refractivity (Wildman–Crippen MR) is 87.2 cm³/mol. The van der Waals surface area contributed by atoms with Gasteiger partial charge in [0.15, 0.2) is 5.96 Å². The van der Waals surface area contributed by atoms with Crippen molar-refractivity contribution in [3.05, 3.63) is 0 Å². The monoisotopic (exact) mass is 314 g/mol. The zero-order valence-electron chi connectivity index (χ0n) is 14.0. The van der Waals surface area contributed by atoms with E-state index in [9.17, 15) is 9.59 Å². The van der Waals surface area contributed by atoms with Crippen molar-refractivity contribution in [2.45, 2.75) is 58.4 Å². The molecule has 0 aromatic heterocycles. The summed E-state index contributed by atoms with van der Waals surface area (Å²) in [6, 6.07) is -0.571. The molecule has 7 nitrogen and oxygen atoms in total. The summed E-state index contributed by atoms with van der Waals surface area (Å²) in [5.41, 5.74) is 10.5. The molecule has 0 heterocycles. The molecule has 0 fully saturated rings. The highest BCUT2D eigenvalue weighted by atomic mass is 16.5. The van der Waals surface area contributed by atoms with Crippen molar-refractivity contribution >= 4 is 17.8 Å². The molecular formula is C15H30N4O3. The van der Waals surface area contributed by atoms with Crippen LogP contribution in [0.5, 0.6) is 0 Å². The van der Waals surface area contributed by atoms with Crippen molar-refractivity contribution in [1.82, 2.24) is 4.90 Å². The fourth-order valence-corrected chi connectivity index (χ4v) is 2.27. The van der Waals surface area contributed by atoms with Gasteiger partial charge in [0.25, 0.3) is 0 Å². The molecule has 0 aliphatic rings. The molecule has 0 saturated heterocycles. The maximum atomic E-state index is 12.3. The number of hydrogen-bond donors (Lipinski definition) is 2. The lowest BCUT2D eigenvalue weighted by atomic mass is 10.1. The van der Waals surface area contributed by atoms with Crippen LogP contribution in [-0.4, -0.2) is 49.0 Å². The molecule has 0 radical (unpaired) electrons. The highest BCUT2D eigenvalue weighted by Gasteiger charge is 2.28. The molecule has 1 amide bonds. The third kappa shape index (κ3) is 7.85. The van der Waals surface area contributed by atoms with Crippen molar-refractivity contribution in [3.8, 4) is 0 Å². The second-order valence-corrected chi connectivity index (χ2v) is 5.12. The van der Waals surface area contributed by atoms with E-state index in [1.807, 2.05) is 6.92 Å². The molecular weight excluding hydrogens is 284 g/mol. The quantitative estimate of drug-likeness (QED) is 0.256. The number of nitrogens with two attached hydrogens (primary N) is 2. The van der Waals surface area contributed by atoms with Crippen LogP contribution in [0.25, 0.3) is 0 Å². The van der Waals surface area contributed by atoms with Gasteiger partial charge in [-0.3, -0.25) is 9.79 Å². The Morgan fingerprint density at radius 3 is 2.36 bits per heavy atom. The van der Waals surface area contributed by atoms with Gasteiger partial charge < -0.3 is 21.1 Å². The zero-order chi connectivity index (χ0) is 17.0. The van der Waals surface area contributed by atoms with Gasteiger partial charge in [-0.25, -0.2) is 4.79 Å². The molecule has 0 spiro atoms. The standard InChI is InChI=1S/C15H30N4O3/c1-4-6-7-10-13(20)19(5-2)12(14(21)22-3)9-8-11-18-15(16)17/h12H,4-11H2,1-3H3,(H4,16,17,18)/t12-/m0/s1. The molecule has 1 atom stereocenters. The van der Waals surface area contributed by atoms with E-state index in [-0.39, 0.29) is 11.9 Å². The minimum Gasteiger partial charge on any atom is -0.467 e. The summed E-state index contributed by atoms with van der Waals surface area (Å²) in [4.78, 5) is 29.8. The van der Waals surface area contributed by atoms with Crippen molar-refractivity contribution in [2.75, 3.05) is 20.2 Å². The first-order chi connectivity index (χ1) is 10.5.